The van der Waals surface area contributed by atoms with Crippen molar-refractivity contribution in [1.29, 1.82) is 0 Å². The maximum atomic E-state index is 5.59. The molecule has 25 heavy (non-hydrogen) atoms. The highest BCUT2D eigenvalue weighted by Crippen LogP contribution is 2.40. The highest BCUT2D eigenvalue weighted by Gasteiger charge is 2.35. The average Bonchev–Trinajstić information content (AvgIpc) is 2.68. The van der Waals surface area contributed by atoms with Gasteiger partial charge >= 0.3 is 0 Å². The molecule has 2 aromatic rings. The van der Waals surface area contributed by atoms with Crippen molar-refractivity contribution in [1.82, 2.24) is 0 Å². The molecular weight excluding hydrogens is 332 g/mol. The van der Waals surface area contributed by atoms with Crippen molar-refractivity contribution < 1.29 is 14.2 Å². The maximum absolute atomic E-state index is 5.59. The van der Waals surface area contributed by atoms with E-state index < -0.39 is 0 Å². The molecule has 1 saturated heterocycles. The Hall–Kier alpha value is -1.49. The standard InChI is InChI=1S/C21H26O3S/c1-22-16-21(10-12-24-13-11-21)18-8-9-19(23-2)20(14-18)25-15-17-6-4-3-5-7-17/h3-9,14H,10-13,15-16H2,1-2H3. The monoisotopic (exact) mass is 358 g/mol. The second-order valence-electron chi connectivity index (χ2n) is 6.47. The second kappa shape index (κ2) is 8.75. The normalized spacial score (nSPS) is 16.6. The molecule has 1 heterocycles. The lowest BCUT2D eigenvalue weighted by Gasteiger charge is -2.37. The van der Waals surface area contributed by atoms with Gasteiger partial charge in [0, 0.05) is 36.4 Å². The van der Waals surface area contributed by atoms with E-state index in [0.29, 0.717) is 0 Å². The lowest BCUT2D eigenvalue weighted by atomic mass is 9.75. The van der Waals surface area contributed by atoms with Crippen LogP contribution in [0.3, 0.4) is 0 Å². The lowest BCUT2D eigenvalue weighted by Crippen LogP contribution is -2.38. The van der Waals surface area contributed by atoms with Gasteiger partial charge in [-0.15, -0.1) is 11.8 Å². The number of methoxy groups -OCH3 is 2. The number of thioether (sulfide) groups is 1. The fourth-order valence-electron chi connectivity index (χ4n) is 3.41. The summed E-state index contributed by atoms with van der Waals surface area (Å²) >= 11 is 1.82. The fourth-order valence-corrected chi connectivity index (χ4v) is 4.43. The van der Waals surface area contributed by atoms with Crippen LogP contribution < -0.4 is 4.74 Å². The molecule has 2 aromatic carbocycles. The van der Waals surface area contributed by atoms with Crippen LogP contribution in [0.25, 0.3) is 0 Å². The van der Waals surface area contributed by atoms with Crippen LogP contribution >= 0.6 is 11.8 Å². The summed E-state index contributed by atoms with van der Waals surface area (Å²) in [4.78, 5) is 1.19. The highest BCUT2D eigenvalue weighted by atomic mass is 32.2. The quantitative estimate of drug-likeness (QED) is 0.672. The zero-order valence-electron chi connectivity index (χ0n) is 15.0. The van der Waals surface area contributed by atoms with Crippen molar-refractivity contribution in [3.05, 3.63) is 59.7 Å². The molecule has 0 aliphatic carbocycles. The minimum absolute atomic E-state index is 0.0430. The summed E-state index contributed by atoms with van der Waals surface area (Å²) in [6.07, 6.45) is 1.99. The van der Waals surface area contributed by atoms with E-state index in [1.165, 1.54) is 16.0 Å². The number of rotatable bonds is 7. The predicted molar refractivity (Wildman–Crippen MR) is 103 cm³/mol. The van der Waals surface area contributed by atoms with Gasteiger partial charge in [-0.3, -0.25) is 0 Å². The van der Waals surface area contributed by atoms with Gasteiger partial charge < -0.3 is 14.2 Å². The molecule has 4 heteroatoms. The summed E-state index contributed by atoms with van der Waals surface area (Å²) in [5.74, 6) is 1.87. The zero-order valence-corrected chi connectivity index (χ0v) is 15.8. The number of benzene rings is 2. The first-order chi connectivity index (χ1) is 12.3. The van der Waals surface area contributed by atoms with E-state index in [1.54, 1.807) is 14.2 Å². The summed E-state index contributed by atoms with van der Waals surface area (Å²) in [5.41, 5.74) is 2.69. The number of hydrogen-bond donors (Lipinski definition) is 0. The van der Waals surface area contributed by atoms with E-state index in [1.807, 2.05) is 11.8 Å². The van der Waals surface area contributed by atoms with E-state index in [-0.39, 0.29) is 5.41 Å². The van der Waals surface area contributed by atoms with Crippen molar-refractivity contribution in [2.75, 3.05) is 34.0 Å². The van der Waals surface area contributed by atoms with Gasteiger partial charge in [0.25, 0.3) is 0 Å². The fraction of sp³-hybridized carbons (Fsp3) is 0.429. The van der Waals surface area contributed by atoms with E-state index in [0.717, 1.165) is 44.2 Å². The number of ether oxygens (including phenoxy) is 3. The molecule has 0 atom stereocenters. The van der Waals surface area contributed by atoms with Gasteiger partial charge in [0.1, 0.15) is 5.75 Å². The van der Waals surface area contributed by atoms with Crippen LogP contribution in [0.2, 0.25) is 0 Å². The molecule has 3 nitrogen and oxygen atoms in total. The summed E-state index contributed by atoms with van der Waals surface area (Å²) in [5, 5.41) is 0. The summed E-state index contributed by atoms with van der Waals surface area (Å²) in [6.45, 7) is 2.31. The molecule has 0 N–H and O–H groups in total. The molecule has 1 aliphatic heterocycles. The first-order valence-electron chi connectivity index (χ1n) is 8.69. The molecule has 0 unspecified atom stereocenters. The van der Waals surface area contributed by atoms with E-state index >= 15 is 0 Å². The first kappa shape index (κ1) is 18.3. The van der Waals surface area contributed by atoms with Crippen molar-refractivity contribution in [3.63, 3.8) is 0 Å². The smallest absolute Gasteiger partial charge is 0.132 e. The van der Waals surface area contributed by atoms with Gasteiger partial charge in [-0.05, 0) is 36.1 Å². The first-order valence-corrected chi connectivity index (χ1v) is 9.68. The second-order valence-corrected chi connectivity index (χ2v) is 7.48. The molecule has 134 valence electrons. The zero-order chi connectivity index (χ0) is 17.5. The summed E-state index contributed by atoms with van der Waals surface area (Å²) in [7, 11) is 3.52. The molecule has 0 amide bonds. The molecule has 0 saturated carbocycles. The number of hydrogen-bond acceptors (Lipinski definition) is 4. The molecule has 0 aromatic heterocycles. The lowest BCUT2D eigenvalue weighted by molar-refractivity contribution is 0.0135. The molecule has 0 radical (unpaired) electrons. The minimum Gasteiger partial charge on any atom is -0.496 e. The van der Waals surface area contributed by atoms with Crippen molar-refractivity contribution >= 4 is 11.8 Å². The van der Waals surface area contributed by atoms with Crippen LogP contribution in [0.15, 0.2) is 53.4 Å². The van der Waals surface area contributed by atoms with Crippen LogP contribution in [-0.2, 0) is 20.6 Å². The topological polar surface area (TPSA) is 27.7 Å². The maximum Gasteiger partial charge on any atom is 0.132 e. The van der Waals surface area contributed by atoms with Crippen LogP contribution in [0.4, 0.5) is 0 Å². The van der Waals surface area contributed by atoms with Crippen LogP contribution in [0.5, 0.6) is 5.75 Å². The molecule has 0 bridgehead atoms. The van der Waals surface area contributed by atoms with Gasteiger partial charge in [-0.1, -0.05) is 36.4 Å². The van der Waals surface area contributed by atoms with Crippen molar-refractivity contribution in [3.8, 4) is 5.75 Å². The Morgan fingerprint density at radius 1 is 1.04 bits per heavy atom. The Labute approximate surface area is 154 Å². The Morgan fingerprint density at radius 3 is 2.48 bits per heavy atom. The van der Waals surface area contributed by atoms with Gasteiger partial charge in [0.15, 0.2) is 0 Å². The Morgan fingerprint density at radius 2 is 1.80 bits per heavy atom. The van der Waals surface area contributed by atoms with E-state index in [9.17, 15) is 0 Å². The third-order valence-electron chi connectivity index (χ3n) is 4.88. The SMILES string of the molecule is COCC1(c2ccc(OC)c(SCc3ccccc3)c2)CCOCC1. The van der Waals surface area contributed by atoms with E-state index in [4.69, 9.17) is 14.2 Å². The van der Waals surface area contributed by atoms with Gasteiger partial charge in [-0.2, -0.15) is 0 Å². The molecule has 1 aliphatic rings. The summed E-state index contributed by atoms with van der Waals surface area (Å²) < 4.78 is 16.8. The summed E-state index contributed by atoms with van der Waals surface area (Å²) in [6, 6.07) is 17.1. The minimum atomic E-state index is 0.0430. The van der Waals surface area contributed by atoms with Crippen LogP contribution in [0.1, 0.15) is 24.0 Å². The molecule has 1 fully saturated rings. The highest BCUT2D eigenvalue weighted by molar-refractivity contribution is 7.98. The predicted octanol–water partition coefficient (Wildman–Crippen LogP) is 4.68. The molecular formula is C21H26O3S. The van der Waals surface area contributed by atoms with Crippen molar-refractivity contribution in [2.45, 2.75) is 28.9 Å². The molecule has 3 rings (SSSR count). The van der Waals surface area contributed by atoms with Gasteiger partial charge in [0.05, 0.1) is 13.7 Å². The molecule has 0 spiro atoms. The third kappa shape index (κ3) is 4.38. The Bertz CT molecular complexity index is 661. The Kier molecular flexibility index (Phi) is 6.40. The van der Waals surface area contributed by atoms with Crippen LogP contribution in [-0.4, -0.2) is 34.0 Å². The largest absolute Gasteiger partial charge is 0.496 e. The van der Waals surface area contributed by atoms with Gasteiger partial charge in [0.2, 0.25) is 0 Å². The average molecular weight is 359 g/mol. The van der Waals surface area contributed by atoms with Crippen molar-refractivity contribution in [2.24, 2.45) is 0 Å². The Balaban J connectivity index is 1.85. The van der Waals surface area contributed by atoms with Crippen LogP contribution in [0, 0.1) is 0 Å². The third-order valence-corrected chi connectivity index (χ3v) is 5.99. The van der Waals surface area contributed by atoms with Gasteiger partial charge in [-0.25, -0.2) is 0 Å². The van der Waals surface area contributed by atoms with E-state index in [2.05, 4.69) is 48.5 Å².